The third-order valence-corrected chi connectivity index (χ3v) is 3.07. The maximum atomic E-state index is 11.9. The van der Waals surface area contributed by atoms with E-state index in [0.717, 1.165) is 11.3 Å². The van der Waals surface area contributed by atoms with Crippen molar-refractivity contribution in [2.24, 2.45) is 0 Å². The minimum atomic E-state index is -0.490. The zero-order chi connectivity index (χ0) is 16.7. The van der Waals surface area contributed by atoms with E-state index < -0.39 is 5.97 Å². The van der Waals surface area contributed by atoms with Crippen molar-refractivity contribution in [3.8, 4) is 23.0 Å². The molecule has 0 unspecified atom stereocenters. The van der Waals surface area contributed by atoms with Gasteiger partial charge in [-0.3, -0.25) is 0 Å². The number of methoxy groups -OCH3 is 3. The first-order valence-electron chi connectivity index (χ1n) is 6.91. The second kappa shape index (κ2) is 7.89. The number of hydrogen-bond acceptors (Lipinski definition) is 5. The van der Waals surface area contributed by atoms with E-state index in [-0.39, 0.29) is 0 Å². The molecule has 0 radical (unpaired) electrons. The van der Waals surface area contributed by atoms with E-state index in [0.29, 0.717) is 17.2 Å². The Bertz CT molecular complexity index is 667. The van der Waals surface area contributed by atoms with Crippen molar-refractivity contribution >= 4 is 12.0 Å². The summed E-state index contributed by atoms with van der Waals surface area (Å²) in [4.78, 5) is 11.9. The van der Waals surface area contributed by atoms with Crippen LogP contribution in [0.25, 0.3) is 6.08 Å². The van der Waals surface area contributed by atoms with Crippen LogP contribution in [0.4, 0.5) is 0 Å². The van der Waals surface area contributed by atoms with Gasteiger partial charge in [0.2, 0.25) is 0 Å². The lowest BCUT2D eigenvalue weighted by atomic mass is 10.2. The van der Waals surface area contributed by atoms with Gasteiger partial charge in [-0.15, -0.1) is 0 Å². The van der Waals surface area contributed by atoms with Gasteiger partial charge in [0.15, 0.2) is 0 Å². The van der Waals surface area contributed by atoms with Gasteiger partial charge in [0, 0.05) is 24.3 Å². The number of benzene rings is 2. The average Bonchev–Trinajstić information content (AvgIpc) is 2.60. The Balaban J connectivity index is 2.04. The summed E-state index contributed by atoms with van der Waals surface area (Å²) in [6, 6.07) is 12.2. The van der Waals surface area contributed by atoms with Crippen LogP contribution in [-0.2, 0) is 4.79 Å². The Morgan fingerprint density at radius 1 is 0.783 bits per heavy atom. The van der Waals surface area contributed by atoms with Crippen molar-refractivity contribution in [1.82, 2.24) is 0 Å². The highest BCUT2D eigenvalue weighted by molar-refractivity contribution is 5.88. The number of rotatable bonds is 6. The molecule has 0 amide bonds. The van der Waals surface area contributed by atoms with Crippen LogP contribution >= 0.6 is 0 Å². The van der Waals surface area contributed by atoms with Crippen LogP contribution in [0.1, 0.15) is 5.56 Å². The minimum Gasteiger partial charge on any atom is -0.497 e. The van der Waals surface area contributed by atoms with Gasteiger partial charge in [-0.1, -0.05) is 12.1 Å². The summed E-state index contributed by atoms with van der Waals surface area (Å²) in [5, 5.41) is 0. The third-order valence-electron chi connectivity index (χ3n) is 3.07. The summed E-state index contributed by atoms with van der Waals surface area (Å²) in [7, 11) is 4.67. The van der Waals surface area contributed by atoms with Gasteiger partial charge in [-0.05, 0) is 23.8 Å². The van der Waals surface area contributed by atoms with Gasteiger partial charge in [-0.25, -0.2) is 4.79 Å². The third kappa shape index (κ3) is 4.78. The van der Waals surface area contributed by atoms with Gasteiger partial charge < -0.3 is 18.9 Å². The molecule has 0 atom stereocenters. The van der Waals surface area contributed by atoms with Gasteiger partial charge in [0.1, 0.15) is 23.0 Å². The molecule has 0 saturated heterocycles. The second-order valence-electron chi connectivity index (χ2n) is 4.58. The lowest BCUT2D eigenvalue weighted by molar-refractivity contribution is -0.128. The average molecular weight is 314 g/mol. The first-order chi connectivity index (χ1) is 11.1. The number of esters is 1. The number of hydrogen-bond donors (Lipinski definition) is 0. The predicted molar refractivity (Wildman–Crippen MR) is 87.2 cm³/mol. The van der Waals surface area contributed by atoms with Gasteiger partial charge >= 0.3 is 5.97 Å². The molecule has 0 spiro atoms. The summed E-state index contributed by atoms with van der Waals surface area (Å²) in [6.07, 6.45) is 3.02. The monoisotopic (exact) mass is 314 g/mol. The highest BCUT2D eigenvalue weighted by Crippen LogP contribution is 2.27. The quantitative estimate of drug-likeness (QED) is 0.465. The molecule has 2 aromatic carbocycles. The molecule has 23 heavy (non-hydrogen) atoms. The smallest absolute Gasteiger partial charge is 0.336 e. The number of ether oxygens (including phenoxy) is 4. The van der Waals surface area contributed by atoms with E-state index in [4.69, 9.17) is 18.9 Å². The molecule has 0 aromatic heterocycles. The van der Waals surface area contributed by atoms with Crippen LogP contribution in [0.5, 0.6) is 23.0 Å². The number of carbonyl (C=O) groups is 1. The zero-order valence-electron chi connectivity index (χ0n) is 13.2. The maximum Gasteiger partial charge on any atom is 0.336 e. The van der Waals surface area contributed by atoms with E-state index in [2.05, 4.69) is 0 Å². The van der Waals surface area contributed by atoms with E-state index in [1.807, 2.05) is 24.3 Å². The topological polar surface area (TPSA) is 54.0 Å². The largest absolute Gasteiger partial charge is 0.497 e. The van der Waals surface area contributed by atoms with Crippen molar-refractivity contribution < 1.29 is 23.7 Å². The first-order valence-corrected chi connectivity index (χ1v) is 6.91. The van der Waals surface area contributed by atoms with Gasteiger partial charge in [0.05, 0.1) is 21.3 Å². The molecule has 2 rings (SSSR count). The molecule has 0 bridgehead atoms. The highest BCUT2D eigenvalue weighted by atomic mass is 16.5. The van der Waals surface area contributed by atoms with Crippen molar-refractivity contribution in [2.45, 2.75) is 0 Å². The summed E-state index contributed by atoms with van der Waals surface area (Å²) in [6.45, 7) is 0. The van der Waals surface area contributed by atoms with Crippen LogP contribution in [0, 0.1) is 0 Å². The van der Waals surface area contributed by atoms with E-state index in [9.17, 15) is 4.79 Å². The van der Waals surface area contributed by atoms with Crippen molar-refractivity contribution in [3.63, 3.8) is 0 Å². The summed E-state index contributed by atoms with van der Waals surface area (Å²) < 4.78 is 20.6. The summed E-state index contributed by atoms with van der Waals surface area (Å²) in [5.74, 6) is 1.72. The standard InChI is InChI=1S/C18H18O5/c1-20-14-7-4-13(5-8-14)6-9-18(19)23-17-11-15(21-2)10-16(12-17)22-3/h4-12H,1-3H3/b9-6+. The highest BCUT2D eigenvalue weighted by Gasteiger charge is 2.06. The van der Waals surface area contributed by atoms with Crippen molar-refractivity contribution in [2.75, 3.05) is 21.3 Å². The molecule has 120 valence electrons. The van der Waals surface area contributed by atoms with Gasteiger partial charge in [0.25, 0.3) is 0 Å². The van der Waals surface area contributed by atoms with Crippen molar-refractivity contribution in [1.29, 1.82) is 0 Å². The summed E-state index contributed by atoms with van der Waals surface area (Å²) in [5.41, 5.74) is 0.867. The lowest BCUT2D eigenvalue weighted by Gasteiger charge is -2.07. The Hall–Kier alpha value is -2.95. The molecule has 2 aromatic rings. The molecule has 0 aliphatic carbocycles. The molecule has 0 fully saturated rings. The van der Waals surface area contributed by atoms with Crippen molar-refractivity contribution in [3.05, 3.63) is 54.1 Å². The molecular weight excluding hydrogens is 296 g/mol. The van der Waals surface area contributed by atoms with Crippen LogP contribution in [0.2, 0.25) is 0 Å². The Labute approximate surface area is 135 Å². The maximum absolute atomic E-state index is 11.9. The first kappa shape index (κ1) is 16.4. The molecule has 0 N–H and O–H groups in total. The fourth-order valence-corrected chi connectivity index (χ4v) is 1.87. The molecule has 5 nitrogen and oxygen atoms in total. The molecule has 0 aliphatic heterocycles. The summed E-state index contributed by atoms with van der Waals surface area (Å²) >= 11 is 0. The Morgan fingerprint density at radius 3 is 1.83 bits per heavy atom. The van der Waals surface area contributed by atoms with Gasteiger partial charge in [-0.2, -0.15) is 0 Å². The fourth-order valence-electron chi connectivity index (χ4n) is 1.87. The van der Waals surface area contributed by atoms with E-state index in [1.165, 1.54) is 20.3 Å². The lowest BCUT2D eigenvalue weighted by Crippen LogP contribution is -2.04. The molecule has 5 heteroatoms. The van der Waals surface area contributed by atoms with E-state index in [1.54, 1.807) is 31.4 Å². The Kier molecular flexibility index (Phi) is 5.63. The SMILES string of the molecule is COc1ccc(/C=C/C(=O)Oc2cc(OC)cc(OC)c2)cc1. The number of carbonyl (C=O) groups excluding carboxylic acids is 1. The zero-order valence-corrected chi connectivity index (χ0v) is 13.2. The second-order valence-corrected chi connectivity index (χ2v) is 4.58. The minimum absolute atomic E-state index is 0.352. The molecular formula is C18H18O5. The predicted octanol–water partition coefficient (Wildman–Crippen LogP) is 3.33. The van der Waals surface area contributed by atoms with E-state index >= 15 is 0 Å². The van der Waals surface area contributed by atoms with Crippen LogP contribution in [0.3, 0.4) is 0 Å². The molecule has 0 heterocycles. The van der Waals surface area contributed by atoms with Crippen LogP contribution < -0.4 is 18.9 Å². The fraction of sp³-hybridized carbons (Fsp3) is 0.167. The van der Waals surface area contributed by atoms with Crippen LogP contribution in [-0.4, -0.2) is 27.3 Å². The van der Waals surface area contributed by atoms with Crippen LogP contribution in [0.15, 0.2) is 48.5 Å². The molecule has 0 aliphatic rings. The normalized spacial score (nSPS) is 10.4. The Morgan fingerprint density at radius 2 is 1.30 bits per heavy atom. The molecule has 0 saturated carbocycles.